The van der Waals surface area contributed by atoms with Crippen molar-refractivity contribution in [3.05, 3.63) is 29.3 Å². The van der Waals surface area contributed by atoms with Crippen LogP contribution in [0.2, 0.25) is 0 Å². The first kappa shape index (κ1) is 28.9. The molecule has 7 nitrogen and oxygen atoms in total. The minimum absolute atomic E-state index is 0. The molecule has 184 valence electrons. The van der Waals surface area contributed by atoms with Crippen molar-refractivity contribution >= 4 is 29.9 Å². The highest BCUT2D eigenvalue weighted by Crippen LogP contribution is 2.21. The highest BCUT2D eigenvalue weighted by atomic mass is 127. The van der Waals surface area contributed by atoms with Crippen LogP contribution in [-0.4, -0.2) is 75.6 Å². The SMILES string of the molecule is CCNC(=NCc1ccc(C)cc1OCCOCC)NCCCN1CC(C)OC(C)C1.I. The van der Waals surface area contributed by atoms with Crippen LogP contribution in [0.3, 0.4) is 0 Å². The van der Waals surface area contributed by atoms with Crippen molar-refractivity contribution in [3.63, 3.8) is 0 Å². The molecule has 1 aliphatic rings. The highest BCUT2D eigenvalue weighted by molar-refractivity contribution is 14.0. The fraction of sp³-hybridized carbons (Fsp3) is 0.708. The predicted octanol–water partition coefficient (Wildman–Crippen LogP) is 3.58. The quantitative estimate of drug-likeness (QED) is 0.176. The van der Waals surface area contributed by atoms with Gasteiger partial charge in [0.2, 0.25) is 0 Å². The number of nitrogens with zero attached hydrogens (tertiary/aromatic N) is 2. The molecule has 2 unspecified atom stereocenters. The minimum Gasteiger partial charge on any atom is -0.491 e. The third kappa shape index (κ3) is 11.2. The summed E-state index contributed by atoms with van der Waals surface area (Å²) < 4.78 is 17.1. The maximum Gasteiger partial charge on any atom is 0.191 e. The zero-order valence-electron chi connectivity index (χ0n) is 20.5. The van der Waals surface area contributed by atoms with Crippen molar-refractivity contribution in [1.82, 2.24) is 15.5 Å². The average molecular weight is 563 g/mol. The van der Waals surface area contributed by atoms with E-state index >= 15 is 0 Å². The molecule has 1 aliphatic heterocycles. The molecule has 2 atom stereocenters. The molecule has 1 saturated heterocycles. The average Bonchev–Trinajstić information content (AvgIpc) is 2.72. The number of halogens is 1. The highest BCUT2D eigenvalue weighted by Gasteiger charge is 2.21. The lowest BCUT2D eigenvalue weighted by Gasteiger charge is -2.35. The maximum atomic E-state index is 5.94. The van der Waals surface area contributed by atoms with Crippen molar-refractivity contribution in [2.45, 2.75) is 59.8 Å². The number of hydrogen-bond acceptors (Lipinski definition) is 5. The molecule has 0 radical (unpaired) electrons. The molecular weight excluding hydrogens is 519 g/mol. The van der Waals surface area contributed by atoms with Crippen molar-refractivity contribution in [1.29, 1.82) is 0 Å². The van der Waals surface area contributed by atoms with E-state index in [1.54, 1.807) is 0 Å². The molecule has 0 spiro atoms. The van der Waals surface area contributed by atoms with Gasteiger partial charge in [-0.1, -0.05) is 12.1 Å². The fourth-order valence-corrected chi connectivity index (χ4v) is 3.76. The summed E-state index contributed by atoms with van der Waals surface area (Å²) in [7, 11) is 0. The minimum atomic E-state index is 0. The van der Waals surface area contributed by atoms with E-state index in [9.17, 15) is 0 Å². The molecular formula is C24H43IN4O3. The van der Waals surface area contributed by atoms with Gasteiger partial charge >= 0.3 is 0 Å². The van der Waals surface area contributed by atoms with Gasteiger partial charge in [0.25, 0.3) is 0 Å². The van der Waals surface area contributed by atoms with Crippen molar-refractivity contribution in [2.75, 3.05) is 52.5 Å². The Morgan fingerprint density at radius 3 is 2.59 bits per heavy atom. The van der Waals surface area contributed by atoms with Gasteiger partial charge in [-0.05, 0) is 52.7 Å². The Morgan fingerprint density at radius 1 is 1.16 bits per heavy atom. The van der Waals surface area contributed by atoms with Gasteiger partial charge < -0.3 is 24.8 Å². The number of ether oxygens (including phenoxy) is 3. The Labute approximate surface area is 211 Å². The van der Waals surface area contributed by atoms with E-state index < -0.39 is 0 Å². The molecule has 2 rings (SSSR count). The number of hydrogen-bond donors (Lipinski definition) is 2. The second kappa shape index (κ2) is 16.5. The van der Waals surface area contributed by atoms with Gasteiger partial charge in [-0.3, -0.25) is 4.90 Å². The Balaban J connectivity index is 0.00000512. The first-order valence-corrected chi connectivity index (χ1v) is 11.7. The van der Waals surface area contributed by atoms with Crippen LogP contribution in [0.5, 0.6) is 5.75 Å². The molecule has 0 aromatic heterocycles. The summed E-state index contributed by atoms with van der Waals surface area (Å²) in [4.78, 5) is 7.27. The maximum absolute atomic E-state index is 5.94. The lowest BCUT2D eigenvalue weighted by Crippen LogP contribution is -2.46. The molecule has 0 aliphatic carbocycles. The van der Waals surface area contributed by atoms with Crippen LogP contribution >= 0.6 is 24.0 Å². The second-order valence-electron chi connectivity index (χ2n) is 8.15. The Kier molecular flexibility index (Phi) is 14.9. The van der Waals surface area contributed by atoms with Gasteiger partial charge in [0.1, 0.15) is 12.4 Å². The number of nitrogens with one attached hydrogen (secondary N) is 2. The molecule has 1 aromatic rings. The van der Waals surface area contributed by atoms with E-state index in [1.165, 1.54) is 5.56 Å². The van der Waals surface area contributed by atoms with Crippen LogP contribution in [0.15, 0.2) is 23.2 Å². The summed E-state index contributed by atoms with van der Waals surface area (Å²) >= 11 is 0. The summed E-state index contributed by atoms with van der Waals surface area (Å²) in [6.07, 6.45) is 1.70. The topological polar surface area (TPSA) is 67.4 Å². The lowest BCUT2D eigenvalue weighted by molar-refractivity contribution is -0.0679. The Morgan fingerprint density at radius 2 is 1.91 bits per heavy atom. The largest absolute Gasteiger partial charge is 0.491 e. The van der Waals surface area contributed by atoms with Gasteiger partial charge in [-0.2, -0.15) is 0 Å². The summed E-state index contributed by atoms with van der Waals surface area (Å²) in [5.41, 5.74) is 2.26. The number of guanidine groups is 1. The normalized spacial score (nSPS) is 19.3. The summed E-state index contributed by atoms with van der Waals surface area (Å²) in [6.45, 7) is 17.7. The van der Waals surface area contributed by atoms with Crippen molar-refractivity contribution in [2.24, 2.45) is 4.99 Å². The van der Waals surface area contributed by atoms with Gasteiger partial charge in [0.15, 0.2) is 5.96 Å². The van der Waals surface area contributed by atoms with Crippen LogP contribution in [0.1, 0.15) is 45.2 Å². The van der Waals surface area contributed by atoms with Crippen LogP contribution in [-0.2, 0) is 16.0 Å². The predicted molar refractivity (Wildman–Crippen MR) is 142 cm³/mol. The number of rotatable bonds is 12. The first-order chi connectivity index (χ1) is 15.0. The van der Waals surface area contributed by atoms with E-state index in [-0.39, 0.29) is 24.0 Å². The van der Waals surface area contributed by atoms with E-state index in [4.69, 9.17) is 19.2 Å². The molecule has 1 fully saturated rings. The van der Waals surface area contributed by atoms with Gasteiger partial charge in [-0.25, -0.2) is 4.99 Å². The van der Waals surface area contributed by atoms with Gasteiger partial charge in [0.05, 0.1) is 25.4 Å². The number of benzene rings is 1. The number of aliphatic imine (C=N–C) groups is 1. The fourth-order valence-electron chi connectivity index (χ4n) is 3.76. The molecule has 1 aromatic carbocycles. The smallest absolute Gasteiger partial charge is 0.191 e. The molecule has 0 saturated carbocycles. The zero-order valence-corrected chi connectivity index (χ0v) is 22.8. The summed E-state index contributed by atoms with van der Waals surface area (Å²) in [6, 6.07) is 6.27. The molecule has 1 heterocycles. The molecule has 2 N–H and O–H groups in total. The van der Waals surface area contributed by atoms with Crippen LogP contribution in [0.25, 0.3) is 0 Å². The second-order valence-corrected chi connectivity index (χ2v) is 8.15. The molecule has 0 amide bonds. The van der Waals surface area contributed by atoms with Crippen LogP contribution in [0.4, 0.5) is 0 Å². The van der Waals surface area contributed by atoms with Crippen molar-refractivity contribution in [3.8, 4) is 5.75 Å². The van der Waals surface area contributed by atoms with Crippen LogP contribution in [0, 0.1) is 6.92 Å². The van der Waals surface area contributed by atoms with Gasteiger partial charge in [0, 0.05) is 44.9 Å². The summed E-state index contributed by atoms with van der Waals surface area (Å²) in [5, 5.41) is 6.80. The van der Waals surface area contributed by atoms with Crippen molar-refractivity contribution < 1.29 is 14.2 Å². The lowest BCUT2D eigenvalue weighted by atomic mass is 10.1. The number of morpholine rings is 1. The molecule has 0 bridgehead atoms. The van der Waals surface area contributed by atoms with E-state index in [0.717, 1.165) is 56.4 Å². The number of aryl methyl sites for hydroxylation is 1. The van der Waals surface area contributed by atoms with E-state index in [0.29, 0.717) is 38.6 Å². The Bertz CT molecular complexity index is 665. The Hall–Kier alpha value is -1.10. The summed E-state index contributed by atoms with van der Waals surface area (Å²) in [5.74, 6) is 1.72. The van der Waals surface area contributed by atoms with E-state index in [1.807, 2.05) is 6.92 Å². The zero-order chi connectivity index (χ0) is 22.5. The molecule has 32 heavy (non-hydrogen) atoms. The first-order valence-electron chi connectivity index (χ1n) is 11.7. The molecule has 8 heteroatoms. The van der Waals surface area contributed by atoms with E-state index in [2.05, 4.69) is 61.4 Å². The van der Waals surface area contributed by atoms with Crippen LogP contribution < -0.4 is 15.4 Å². The third-order valence-electron chi connectivity index (χ3n) is 5.10. The monoisotopic (exact) mass is 562 g/mol. The van der Waals surface area contributed by atoms with Gasteiger partial charge in [-0.15, -0.1) is 24.0 Å². The third-order valence-corrected chi connectivity index (χ3v) is 5.10. The standard InChI is InChI=1S/C24H42N4O3.HI/c1-6-25-24(26-11-8-12-28-17-20(4)31-21(5)18-28)27-16-22-10-9-19(3)15-23(22)30-14-13-29-7-2;/h9-10,15,20-21H,6-8,11-14,16-18H2,1-5H3,(H2,25,26,27);1H.